The molecule has 1 aliphatic heterocycles. The van der Waals surface area contributed by atoms with Gasteiger partial charge in [0.15, 0.2) is 6.61 Å². The molecule has 2 aromatic rings. The van der Waals surface area contributed by atoms with Gasteiger partial charge in [-0.15, -0.1) is 0 Å². The van der Waals surface area contributed by atoms with Crippen LogP contribution in [0.3, 0.4) is 0 Å². The molecule has 0 saturated carbocycles. The van der Waals surface area contributed by atoms with Crippen molar-refractivity contribution in [2.45, 2.75) is 25.8 Å². The lowest BCUT2D eigenvalue weighted by molar-refractivity contribution is -0.143. The van der Waals surface area contributed by atoms with Crippen molar-refractivity contribution in [3.05, 3.63) is 65.7 Å². The first-order chi connectivity index (χ1) is 13.1. The summed E-state index contributed by atoms with van der Waals surface area (Å²) < 4.78 is 10.3. The minimum Gasteiger partial charge on any atom is -0.497 e. The van der Waals surface area contributed by atoms with Crippen LogP contribution >= 0.6 is 0 Å². The van der Waals surface area contributed by atoms with E-state index in [0.717, 1.165) is 29.7 Å². The van der Waals surface area contributed by atoms with E-state index >= 15 is 0 Å². The van der Waals surface area contributed by atoms with Crippen LogP contribution in [-0.4, -0.2) is 31.6 Å². The number of methoxy groups -OCH3 is 1. The van der Waals surface area contributed by atoms with Gasteiger partial charge in [0.2, 0.25) is 0 Å². The van der Waals surface area contributed by atoms with Gasteiger partial charge in [0.1, 0.15) is 5.75 Å². The van der Waals surface area contributed by atoms with Crippen LogP contribution in [0.15, 0.2) is 54.6 Å². The van der Waals surface area contributed by atoms with Gasteiger partial charge in [-0.25, -0.2) is 4.79 Å². The fraction of sp³-hybridized carbons (Fsp3) is 0.273. The number of esters is 1. The molecular weight excluding hydrogens is 342 g/mol. The molecule has 1 atom stereocenters. The zero-order valence-electron chi connectivity index (χ0n) is 15.6. The molecule has 1 heterocycles. The predicted molar refractivity (Wildman–Crippen MR) is 105 cm³/mol. The van der Waals surface area contributed by atoms with Crippen LogP contribution < -0.4 is 9.64 Å². The smallest absolute Gasteiger partial charge is 0.331 e. The quantitative estimate of drug-likeness (QED) is 0.600. The van der Waals surface area contributed by atoms with Crippen LogP contribution in [0.25, 0.3) is 6.08 Å². The van der Waals surface area contributed by atoms with Crippen molar-refractivity contribution >= 4 is 23.6 Å². The average molecular weight is 365 g/mol. The number of carbonyl (C=O) groups is 2. The van der Waals surface area contributed by atoms with Gasteiger partial charge in [-0.3, -0.25) is 4.79 Å². The van der Waals surface area contributed by atoms with Crippen molar-refractivity contribution in [2.24, 2.45) is 0 Å². The maximum atomic E-state index is 12.6. The Kier molecular flexibility index (Phi) is 5.91. The maximum absolute atomic E-state index is 12.6. The number of hydrogen-bond donors (Lipinski definition) is 0. The van der Waals surface area contributed by atoms with Crippen molar-refractivity contribution in [3.8, 4) is 5.75 Å². The first-order valence-electron chi connectivity index (χ1n) is 8.97. The molecule has 0 aliphatic carbocycles. The Morgan fingerprint density at radius 3 is 2.81 bits per heavy atom. The first kappa shape index (κ1) is 18.7. The van der Waals surface area contributed by atoms with Crippen LogP contribution in [0.5, 0.6) is 5.75 Å². The molecule has 5 nitrogen and oxygen atoms in total. The summed E-state index contributed by atoms with van der Waals surface area (Å²) in [6.45, 7) is 1.73. The maximum Gasteiger partial charge on any atom is 0.331 e. The second-order valence-electron chi connectivity index (χ2n) is 6.50. The highest BCUT2D eigenvalue weighted by Gasteiger charge is 2.28. The van der Waals surface area contributed by atoms with E-state index in [2.05, 4.69) is 0 Å². The molecule has 1 aliphatic rings. The molecular formula is C22H23NO4. The van der Waals surface area contributed by atoms with E-state index in [1.54, 1.807) is 24.2 Å². The zero-order valence-corrected chi connectivity index (χ0v) is 15.6. The van der Waals surface area contributed by atoms with Gasteiger partial charge in [-0.1, -0.05) is 30.3 Å². The van der Waals surface area contributed by atoms with Crippen LogP contribution in [0.4, 0.5) is 5.69 Å². The number of ether oxygens (including phenoxy) is 2. The minimum absolute atomic E-state index is 0.0819. The Bertz CT molecular complexity index is 859. The number of nitrogens with zero attached hydrogens (tertiary/aromatic N) is 1. The first-order valence-corrected chi connectivity index (χ1v) is 8.97. The van der Waals surface area contributed by atoms with Gasteiger partial charge in [-0.2, -0.15) is 0 Å². The lowest BCUT2D eigenvalue weighted by Crippen LogP contribution is -2.44. The summed E-state index contributed by atoms with van der Waals surface area (Å²) >= 11 is 0. The Balaban J connectivity index is 1.60. The summed E-state index contributed by atoms with van der Waals surface area (Å²) in [5, 5.41) is 0. The number of amides is 1. The Morgan fingerprint density at radius 2 is 2.00 bits per heavy atom. The summed E-state index contributed by atoms with van der Waals surface area (Å²) in [6.07, 6.45) is 4.79. The van der Waals surface area contributed by atoms with E-state index < -0.39 is 5.97 Å². The summed E-state index contributed by atoms with van der Waals surface area (Å²) in [5.74, 6) is -0.0552. The second-order valence-corrected chi connectivity index (χ2v) is 6.50. The zero-order chi connectivity index (χ0) is 19.2. The van der Waals surface area contributed by atoms with Crippen molar-refractivity contribution in [3.63, 3.8) is 0 Å². The Labute approximate surface area is 159 Å². The highest BCUT2D eigenvalue weighted by molar-refractivity contribution is 5.97. The van der Waals surface area contributed by atoms with Crippen molar-refractivity contribution in [1.29, 1.82) is 0 Å². The molecule has 0 spiro atoms. The third kappa shape index (κ3) is 4.56. The summed E-state index contributed by atoms with van der Waals surface area (Å²) in [7, 11) is 1.59. The van der Waals surface area contributed by atoms with Gasteiger partial charge < -0.3 is 14.4 Å². The van der Waals surface area contributed by atoms with E-state index in [9.17, 15) is 9.59 Å². The standard InChI is InChI=1S/C22H23NO4/c1-16-10-12-18-7-3-4-9-20(18)23(16)21(24)15-27-22(25)13-11-17-6-5-8-19(14-17)26-2/h3-9,11,13-14,16H,10,12,15H2,1-2H3/b13-11+. The third-order valence-electron chi connectivity index (χ3n) is 4.64. The fourth-order valence-electron chi connectivity index (χ4n) is 3.23. The van der Waals surface area contributed by atoms with E-state index in [0.29, 0.717) is 5.75 Å². The van der Waals surface area contributed by atoms with Crippen LogP contribution in [0.2, 0.25) is 0 Å². The highest BCUT2D eigenvalue weighted by Crippen LogP contribution is 2.30. The predicted octanol–water partition coefficient (Wildman–Crippen LogP) is 3.62. The molecule has 0 bridgehead atoms. The number of hydrogen-bond acceptors (Lipinski definition) is 4. The number of anilines is 1. The topological polar surface area (TPSA) is 55.8 Å². The summed E-state index contributed by atoms with van der Waals surface area (Å²) in [5.41, 5.74) is 2.87. The lowest BCUT2D eigenvalue weighted by Gasteiger charge is -2.35. The molecule has 3 rings (SSSR count). The summed E-state index contributed by atoms with van der Waals surface area (Å²) in [4.78, 5) is 26.3. The van der Waals surface area contributed by atoms with E-state index in [1.165, 1.54) is 6.08 Å². The molecule has 27 heavy (non-hydrogen) atoms. The molecule has 5 heteroatoms. The van der Waals surface area contributed by atoms with Gasteiger partial charge in [-0.05, 0) is 55.2 Å². The fourth-order valence-corrected chi connectivity index (χ4v) is 3.23. The van der Waals surface area contributed by atoms with Crippen LogP contribution in [0.1, 0.15) is 24.5 Å². The SMILES string of the molecule is COc1cccc(/C=C/C(=O)OCC(=O)N2c3ccccc3CCC2C)c1. The van der Waals surface area contributed by atoms with Crippen LogP contribution in [0, 0.1) is 0 Å². The number of aryl methyl sites for hydroxylation is 1. The summed E-state index contributed by atoms with van der Waals surface area (Å²) in [6, 6.07) is 15.3. The second kappa shape index (κ2) is 8.54. The molecule has 1 unspecified atom stereocenters. The monoisotopic (exact) mass is 365 g/mol. The van der Waals surface area contributed by atoms with Gasteiger partial charge >= 0.3 is 5.97 Å². The van der Waals surface area contributed by atoms with E-state index in [1.807, 2.05) is 49.4 Å². The Hall–Kier alpha value is -3.08. The normalized spacial score (nSPS) is 16.1. The van der Waals surface area contributed by atoms with Gasteiger partial charge in [0.25, 0.3) is 5.91 Å². The van der Waals surface area contributed by atoms with Crippen molar-refractivity contribution in [1.82, 2.24) is 0 Å². The molecule has 0 fully saturated rings. The van der Waals surface area contributed by atoms with E-state index in [-0.39, 0.29) is 18.6 Å². The molecule has 1 amide bonds. The number of benzene rings is 2. The number of fused-ring (bicyclic) bond motifs is 1. The molecule has 0 N–H and O–H groups in total. The number of carbonyl (C=O) groups excluding carboxylic acids is 2. The van der Waals surface area contributed by atoms with Gasteiger partial charge in [0.05, 0.1) is 7.11 Å². The van der Waals surface area contributed by atoms with Gasteiger partial charge in [0, 0.05) is 17.8 Å². The van der Waals surface area contributed by atoms with Crippen molar-refractivity contribution < 1.29 is 19.1 Å². The number of para-hydroxylation sites is 1. The number of rotatable bonds is 5. The molecule has 0 radical (unpaired) electrons. The highest BCUT2D eigenvalue weighted by atomic mass is 16.5. The molecule has 0 saturated heterocycles. The largest absolute Gasteiger partial charge is 0.497 e. The average Bonchev–Trinajstić information content (AvgIpc) is 2.70. The van der Waals surface area contributed by atoms with E-state index in [4.69, 9.17) is 9.47 Å². The third-order valence-corrected chi connectivity index (χ3v) is 4.64. The lowest BCUT2D eigenvalue weighted by atomic mass is 9.96. The minimum atomic E-state index is -0.552. The molecule has 140 valence electrons. The van der Waals surface area contributed by atoms with Crippen LogP contribution in [-0.2, 0) is 20.7 Å². The molecule has 2 aromatic carbocycles. The Morgan fingerprint density at radius 1 is 1.19 bits per heavy atom. The molecule has 0 aromatic heterocycles. The van der Waals surface area contributed by atoms with Crippen molar-refractivity contribution in [2.75, 3.05) is 18.6 Å².